The molecule has 0 aliphatic carbocycles. The predicted molar refractivity (Wildman–Crippen MR) is 60.6 cm³/mol. The molecule has 1 aliphatic heterocycles. The molecule has 4 nitrogen and oxygen atoms in total. The Balaban J connectivity index is 1.91. The van der Waals surface area contributed by atoms with Crippen molar-refractivity contribution in [2.45, 2.75) is 25.4 Å². The number of hydrazine groups is 1. The molecule has 0 unspecified atom stereocenters. The van der Waals surface area contributed by atoms with Gasteiger partial charge in [0.25, 0.3) is 0 Å². The number of carbonyl (C=O) groups is 1. The Morgan fingerprint density at radius 2 is 2.41 bits per heavy atom. The summed E-state index contributed by atoms with van der Waals surface area (Å²) in [7, 11) is 0. The monoisotopic (exact) mass is 238 g/mol. The van der Waals surface area contributed by atoms with Crippen molar-refractivity contribution < 1.29 is 14.3 Å². The van der Waals surface area contributed by atoms with E-state index in [4.69, 9.17) is 5.11 Å². The van der Waals surface area contributed by atoms with E-state index in [-0.39, 0.29) is 5.82 Å². The lowest BCUT2D eigenvalue weighted by Gasteiger charge is -2.22. The lowest BCUT2D eigenvalue weighted by atomic mass is 10.2. The number of hydrogen-bond donors (Lipinski definition) is 2. The van der Waals surface area contributed by atoms with Gasteiger partial charge in [-0.25, -0.2) is 14.8 Å². The van der Waals surface area contributed by atoms with E-state index >= 15 is 0 Å². The molecular formula is C12H15FN2O2. The molecule has 5 heteroatoms. The lowest BCUT2D eigenvalue weighted by molar-refractivity contribution is -0.143. The predicted octanol–water partition coefficient (Wildman–Crippen LogP) is 1.38. The van der Waals surface area contributed by atoms with Crippen molar-refractivity contribution in [1.29, 1.82) is 0 Å². The Kier molecular flexibility index (Phi) is 3.71. The first-order valence-corrected chi connectivity index (χ1v) is 5.64. The molecule has 1 heterocycles. The first kappa shape index (κ1) is 12.0. The molecule has 0 saturated carbocycles. The van der Waals surface area contributed by atoms with Gasteiger partial charge in [0.15, 0.2) is 0 Å². The topological polar surface area (TPSA) is 52.6 Å². The molecule has 0 bridgehead atoms. The molecule has 92 valence electrons. The Morgan fingerprint density at radius 3 is 3.12 bits per heavy atom. The zero-order valence-corrected chi connectivity index (χ0v) is 9.40. The molecule has 17 heavy (non-hydrogen) atoms. The summed E-state index contributed by atoms with van der Waals surface area (Å²) in [4.78, 5) is 10.9. The van der Waals surface area contributed by atoms with Gasteiger partial charge in [-0.3, -0.25) is 4.79 Å². The third-order valence-corrected chi connectivity index (χ3v) is 2.91. The Bertz CT molecular complexity index is 411. The van der Waals surface area contributed by atoms with Crippen molar-refractivity contribution in [2.75, 3.05) is 6.54 Å². The van der Waals surface area contributed by atoms with Crippen LogP contribution in [-0.4, -0.2) is 28.7 Å². The van der Waals surface area contributed by atoms with Gasteiger partial charge in [0, 0.05) is 13.1 Å². The van der Waals surface area contributed by atoms with Crippen molar-refractivity contribution in [2.24, 2.45) is 0 Å². The van der Waals surface area contributed by atoms with Crippen LogP contribution in [0.25, 0.3) is 0 Å². The van der Waals surface area contributed by atoms with Gasteiger partial charge in [-0.05, 0) is 30.5 Å². The molecule has 0 aromatic heterocycles. The number of hydrogen-bond acceptors (Lipinski definition) is 3. The average molecular weight is 238 g/mol. The lowest BCUT2D eigenvalue weighted by Crippen LogP contribution is -2.45. The van der Waals surface area contributed by atoms with Crippen LogP contribution in [0.3, 0.4) is 0 Å². The Labute approximate surface area is 99.0 Å². The van der Waals surface area contributed by atoms with E-state index in [1.165, 1.54) is 12.1 Å². The highest BCUT2D eigenvalue weighted by atomic mass is 19.1. The minimum absolute atomic E-state index is 0.277. The molecule has 2 rings (SSSR count). The summed E-state index contributed by atoms with van der Waals surface area (Å²) in [5.41, 5.74) is 3.85. The van der Waals surface area contributed by atoms with Crippen LogP contribution in [0.1, 0.15) is 18.4 Å². The van der Waals surface area contributed by atoms with Gasteiger partial charge in [-0.2, -0.15) is 0 Å². The van der Waals surface area contributed by atoms with E-state index in [0.29, 0.717) is 19.5 Å². The Hall–Kier alpha value is -1.46. The minimum atomic E-state index is -0.811. The van der Waals surface area contributed by atoms with Gasteiger partial charge >= 0.3 is 5.97 Å². The van der Waals surface area contributed by atoms with E-state index < -0.39 is 12.0 Å². The van der Waals surface area contributed by atoms with E-state index in [1.807, 2.05) is 6.07 Å². The van der Waals surface area contributed by atoms with Crippen LogP contribution in [0, 0.1) is 5.82 Å². The third-order valence-electron chi connectivity index (χ3n) is 2.91. The number of nitrogens with zero attached hydrogens (tertiary/aromatic N) is 1. The maximum absolute atomic E-state index is 12.9. The normalized spacial score (nSPS) is 20.6. The summed E-state index contributed by atoms with van der Waals surface area (Å²) in [6, 6.07) is 5.81. The smallest absolute Gasteiger partial charge is 0.322 e. The van der Waals surface area contributed by atoms with Crippen LogP contribution in [0.15, 0.2) is 24.3 Å². The van der Waals surface area contributed by atoms with Crippen LogP contribution in [0.5, 0.6) is 0 Å². The van der Waals surface area contributed by atoms with Gasteiger partial charge in [0.1, 0.15) is 11.9 Å². The van der Waals surface area contributed by atoms with Crippen LogP contribution in [0.4, 0.5) is 4.39 Å². The van der Waals surface area contributed by atoms with E-state index in [2.05, 4.69) is 5.43 Å². The minimum Gasteiger partial charge on any atom is -0.480 e. The zero-order chi connectivity index (χ0) is 12.3. The second kappa shape index (κ2) is 5.25. The highest BCUT2D eigenvalue weighted by Crippen LogP contribution is 2.15. The largest absolute Gasteiger partial charge is 0.480 e. The molecule has 1 fully saturated rings. The number of halogens is 1. The molecule has 1 aromatic rings. The van der Waals surface area contributed by atoms with E-state index in [1.54, 1.807) is 11.1 Å². The fraction of sp³-hybridized carbons (Fsp3) is 0.417. The summed E-state index contributed by atoms with van der Waals surface area (Å²) >= 11 is 0. The van der Waals surface area contributed by atoms with Crippen molar-refractivity contribution in [1.82, 2.24) is 10.4 Å². The summed E-state index contributed by atoms with van der Waals surface area (Å²) < 4.78 is 12.9. The van der Waals surface area contributed by atoms with Gasteiger partial charge in [-0.1, -0.05) is 12.1 Å². The van der Waals surface area contributed by atoms with Crippen LogP contribution >= 0.6 is 0 Å². The van der Waals surface area contributed by atoms with Crippen molar-refractivity contribution in [3.8, 4) is 0 Å². The van der Waals surface area contributed by atoms with Crippen molar-refractivity contribution in [3.63, 3.8) is 0 Å². The molecule has 0 radical (unpaired) electrons. The van der Waals surface area contributed by atoms with Crippen LogP contribution in [0.2, 0.25) is 0 Å². The number of benzene rings is 1. The molecule has 1 aromatic carbocycles. The number of carboxylic acid groups (broad SMARTS) is 1. The van der Waals surface area contributed by atoms with Crippen LogP contribution in [-0.2, 0) is 11.3 Å². The SMILES string of the molecule is O=C(O)[C@@H]1CCCN1NCc1cccc(F)c1. The molecule has 0 amide bonds. The second-order valence-corrected chi connectivity index (χ2v) is 4.15. The van der Waals surface area contributed by atoms with E-state index in [9.17, 15) is 9.18 Å². The van der Waals surface area contributed by atoms with Gasteiger partial charge in [0.2, 0.25) is 0 Å². The molecule has 0 spiro atoms. The quantitative estimate of drug-likeness (QED) is 0.832. The summed E-state index contributed by atoms with van der Waals surface area (Å²) in [6.45, 7) is 1.16. The number of rotatable bonds is 4. The second-order valence-electron chi connectivity index (χ2n) is 4.15. The van der Waals surface area contributed by atoms with Crippen LogP contribution < -0.4 is 5.43 Å². The number of aliphatic carboxylic acids is 1. The zero-order valence-electron chi connectivity index (χ0n) is 9.40. The number of nitrogens with one attached hydrogen (secondary N) is 1. The van der Waals surface area contributed by atoms with Gasteiger partial charge < -0.3 is 5.11 Å². The third kappa shape index (κ3) is 3.01. The van der Waals surface area contributed by atoms with Gasteiger partial charge in [-0.15, -0.1) is 0 Å². The molecule has 2 N–H and O–H groups in total. The highest BCUT2D eigenvalue weighted by molar-refractivity contribution is 5.73. The maximum atomic E-state index is 12.9. The van der Waals surface area contributed by atoms with Gasteiger partial charge in [0.05, 0.1) is 0 Å². The molecular weight excluding hydrogens is 223 g/mol. The molecule has 1 aliphatic rings. The highest BCUT2D eigenvalue weighted by Gasteiger charge is 2.30. The van der Waals surface area contributed by atoms with Crippen molar-refractivity contribution >= 4 is 5.97 Å². The number of carboxylic acids is 1. The Morgan fingerprint density at radius 1 is 1.59 bits per heavy atom. The average Bonchev–Trinajstić information content (AvgIpc) is 2.74. The standard InChI is InChI=1S/C12H15FN2O2/c13-10-4-1-3-9(7-10)8-14-15-6-2-5-11(15)12(16)17/h1,3-4,7,11,14H,2,5-6,8H2,(H,16,17)/t11-/m0/s1. The molecule has 1 saturated heterocycles. The summed E-state index contributed by atoms with van der Waals surface area (Å²) in [5.74, 6) is -1.09. The first-order chi connectivity index (χ1) is 8.16. The fourth-order valence-corrected chi connectivity index (χ4v) is 2.05. The first-order valence-electron chi connectivity index (χ1n) is 5.64. The summed E-state index contributed by atoms with van der Waals surface area (Å²) in [6.07, 6.45) is 1.53. The fourth-order valence-electron chi connectivity index (χ4n) is 2.05. The summed E-state index contributed by atoms with van der Waals surface area (Å²) in [5, 5.41) is 10.7. The maximum Gasteiger partial charge on any atom is 0.322 e. The van der Waals surface area contributed by atoms with E-state index in [0.717, 1.165) is 12.0 Å². The van der Waals surface area contributed by atoms with Crippen molar-refractivity contribution in [3.05, 3.63) is 35.6 Å². The molecule has 1 atom stereocenters.